The molecule has 1 fully saturated rings. The summed E-state index contributed by atoms with van der Waals surface area (Å²) >= 11 is 3.55. The van der Waals surface area contributed by atoms with Crippen LogP contribution < -0.4 is 5.32 Å². The molecule has 1 aliphatic rings. The van der Waals surface area contributed by atoms with Gasteiger partial charge < -0.3 is 5.32 Å². The molecule has 0 unspecified atom stereocenters. The van der Waals surface area contributed by atoms with Gasteiger partial charge in [0, 0.05) is 18.0 Å². The lowest BCUT2D eigenvalue weighted by atomic mass is 9.96. The fourth-order valence-electron chi connectivity index (χ4n) is 3.26. The first kappa shape index (κ1) is 17.1. The molecular formula is C18H27N3S2. The van der Waals surface area contributed by atoms with E-state index in [1.807, 2.05) is 0 Å². The Bertz CT molecular complexity index is 571. The molecule has 0 bridgehead atoms. The van der Waals surface area contributed by atoms with Gasteiger partial charge in [-0.25, -0.2) is 4.98 Å². The maximum Gasteiger partial charge on any atom is 0.0897 e. The van der Waals surface area contributed by atoms with Crippen LogP contribution in [0.5, 0.6) is 0 Å². The Balaban J connectivity index is 1.34. The third kappa shape index (κ3) is 5.38. The zero-order chi connectivity index (χ0) is 16.1. The Kier molecular flexibility index (Phi) is 6.22. The van der Waals surface area contributed by atoms with Gasteiger partial charge in [0.2, 0.25) is 0 Å². The predicted octanol–water partition coefficient (Wildman–Crippen LogP) is 3.95. The van der Waals surface area contributed by atoms with E-state index in [0.717, 1.165) is 25.4 Å². The van der Waals surface area contributed by atoms with Crippen LogP contribution >= 0.6 is 22.7 Å². The number of thiophene rings is 1. The molecule has 1 atom stereocenters. The topological polar surface area (TPSA) is 28.2 Å². The van der Waals surface area contributed by atoms with Crippen molar-refractivity contribution in [2.24, 2.45) is 5.92 Å². The maximum atomic E-state index is 4.58. The zero-order valence-corrected chi connectivity index (χ0v) is 15.8. The van der Waals surface area contributed by atoms with E-state index in [9.17, 15) is 0 Å². The minimum Gasteiger partial charge on any atom is -0.314 e. The minimum atomic E-state index is 0.570. The van der Waals surface area contributed by atoms with Gasteiger partial charge in [-0.05, 0) is 81.1 Å². The van der Waals surface area contributed by atoms with Crippen molar-refractivity contribution < 1.29 is 0 Å². The quantitative estimate of drug-likeness (QED) is 0.820. The van der Waals surface area contributed by atoms with E-state index < -0.39 is 0 Å². The molecule has 0 aromatic carbocycles. The van der Waals surface area contributed by atoms with Gasteiger partial charge in [0.1, 0.15) is 0 Å². The van der Waals surface area contributed by atoms with Gasteiger partial charge in [-0.1, -0.05) is 0 Å². The van der Waals surface area contributed by atoms with Gasteiger partial charge in [-0.3, -0.25) is 4.90 Å². The number of hydrogen-bond donors (Lipinski definition) is 1. The summed E-state index contributed by atoms with van der Waals surface area (Å²) in [5, 5.41) is 11.5. The van der Waals surface area contributed by atoms with Gasteiger partial charge in [-0.2, -0.15) is 11.3 Å². The molecule has 0 spiro atoms. The highest BCUT2D eigenvalue weighted by molar-refractivity contribution is 7.09. The van der Waals surface area contributed by atoms with Crippen molar-refractivity contribution in [3.63, 3.8) is 0 Å². The summed E-state index contributed by atoms with van der Waals surface area (Å²) in [6.07, 6.45) is 3.76. The predicted molar refractivity (Wildman–Crippen MR) is 100 cm³/mol. The van der Waals surface area contributed by atoms with Gasteiger partial charge >= 0.3 is 0 Å². The fourth-order valence-corrected chi connectivity index (χ4v) is 4.55. The molecule has 2 aromatic heterocycles. The fraction of sp³-hybridized carbons (Fsp3) is 0.611. The highest BCUT2D eigenvalue weighted by atomic mass is 32.1. The van der Waals surface area contributed by atoms with Crippen molar-refractivity contribution >= 4 is 22.7 Å². The molecule has 23 heavy (non-hydrogen) atoms. The summed E-state index contributed by atoms with van der Waals surface area (Å²) in [5.41, 5.74) is 2.71. The van der Waals surface area contributed by atoms with E-state index in [2.05, 4.69) is 51.3 Å². The van der Waals surface area contributed by atoms with Crippen LogP contribution in [0, 0.1) is 12.8 Å². The van der Waals surface area contributed by atoms with Crippen molar-refractivity contribution in [2.75, 3.05) is 19.6 Å². The number of rotatable bonds is 7. The number of nitrogens with zero attached hydrogens (tertiary/aromatic N) is 2. The summed E-state index contributed by atoms with van der Waals surface area (Å²) in [5.74, 6) is 0.827. The van der Waals surface area contributed by atoms with Crippen molar-refractivity contribution in [3.8, 4) is 0 Å². The maximum absolute atomic E-state index is 4.58. The molecule has 0 amide bonds. The van der Waals surface area contributed by atoms with Crippen LogP contribution in [0.1, 0.15) is 36.0 Å². The molecule has 1 aliphatic heterocycles. The number of thiazole rings is 1. The lowest BCUT2D eigenvalue weighted by Crippen LogP contribution is -2.39. The summed E-state index contributed by atoms with van der Waals surface area (Å²) in [6, 6.07) is 2.81. The largest absolute Gasteiger partial charge is 0.314 e. The van der Waals surface area contributed by atoms with Gasteiger partial charge in [0.25, 0.3) is 0 Å². The highest BCUT2D eigenvalue weighted by Crippen LogP contribution is 2.19. The number of hydrogen-bond acceptors (Lipinski definition) is 5. The first-order chi connectivity index (χ1) is 11.2. The number of aryl methyl sites for hydroxylation is 1. The van der Waals surface area contributed by atoms with Crippen LogP contribution in [0.25, 0.3) is 0 Å². The molecule has 1 N–H and O–H groups in total. The van der Waals surface area contributed by atoms with Crippen LogP contribution in [0.15, 0.2) is 22.2 Å². The normalized spacial score (nSPS) is 18.3. The lowest BCUT2D eigenvalue weighted by Gasteiger charge is -2.32. The first-order valence-corrected chi connectivity index (χ1v) is 10.4. The number of aromatic nitrogens is 1. The second-order valence-corrected chi connectivity index (χ2v) is 8.56. The van der Waals surface area contributed by atoms with Gasteiger partial charge in [-0.15, -0.1) is 11.3 Å². The molecule has 126 valence electrons. The van der Waals surface area contributed by atoms with Crippen LogP contribution in [-0.2, 0) is 13.0 Å². The number of nitrogens with one attached hydrogen (secondary N) is 1. The SMILES string of the molecule is Cc1nc(CN2CCC(CN[C@@H](C)Cc3ccsc3)CC2)cs1. The third-order valence-electron chi connectivity index (χ3n) is 4.64. The molecule has 3 nitrogen and oxygen atoms in total. The second kappa shape index (κ2) is 8.38. The van der Waals surface area contributed by atoms with Gasteiger partial charge in [0.05, 0.1) is 10.7 Å². The summed E-state index contributed by atoms with van der Waals surface area (Å²) in [4.78, 5) is 7.14. The molecular weight excluding hydrogens is 322 g/mol. The average molecular weight is 350 g/mol. The van der Waals surface area contributed by atoms with Crippen molar-refractivity contribution in [3.05, 3.63) is 38.5 Å². The van der Waals surface area contributed by atoms with Crippen LogP contribution in [-0.4, -0.2) is 35.6 Å². The highest BCUT2D eigenvalue weighted by Gasteiger charge is 2.20. The molecule has 3 heterocycles. The monoisotopic (exact) mass is 349 g/mol. The number of likely N-dealkylation sites (tertiary alicyclic amines) is 1. The van der Waals surface area contributed by atoms with Crippen molar-refractivity contribution in [2.45, 2.75) is 45.7 Å². The van der Waals surface area contributed by atoms with Crippen LogP contribution in [0.3, 0.4) is 0 Å². The molecule has 0 saturated carbocycles. The van der Waals surface area contributed by atoms with Crippen molar-refractivity contribution in [1.82, 2.24) is 15.2 Å². The molecule has 3 rings (SSSR count). The van der Waals surface area contributed by atoms with E-state index >= 15 is 0 Å². The zero-order valence-electron chi connectivity index (χ0n) is 14.1. The minimum absolute atomic E-state index is 0.570. The molecule has 2 aromatic rings. The number of piperidine rings is 1. The summed E-state index contributed by atoms with van der Waals surface area (Å²) in [6.45, 7) is 9.00. The summed E-state index contributed by atoms with van der Waals surface area (Å²) < 4.78 is 0. The first-order valence-electron chi connectivity index (χ1n) is 8.57. The Morgan fingerprint density at radius 2 is 2.17 bits per heavy atom. The van der Waals surface area contributed by atoms with E-state index in [4.69, 9.17) is 0 Å². The Morgan fingerprint density at radius 1 is 1.35 bits per heavy atom. The molecule has 5 heteroatoms. The Labute approximate surface area is 147 Å². The van der Waals surface area contributed by atoms with Crippen LogP contribution in [0.2, 0.25) is 0 Å². The van der Waals surface area contributed by atoms with E-state index in [-0.39, 0.29) is 0 Å². The van der Waals surface area contributed by atoms with Crippen LogP contribution in [0.4, 0.5) is 0 Å². The average Bonchev–Trinajstić information content (AvgIpc) is 3.18. The van der Waals surface area contributed by atoms with Crippen molar-refractivity contribution in [1.29, 1.82) is 0 Å². The summed E-state index contributed by atoms with van der Waals surface area (Å²) in [7, 11) is 0. The molecule has 0 radical (unpaired) electrons. The van der Waals surface area contributed by atoms with E-state index in [1.54, 1.807) is 22.7 Å². The molecule has 0 aliphatic carbocycles. The van der Waals surface area contributed by atoms with E-state index in [1.165, 1.54) is 42.2 Å². The van der Waals surface area contributed by atoms with Gasteiger partial charge in [0.15, 0.2) is 0 Å². The third-order valence-corrected chi connectivity index (χ3v) is 6.19. The standard InChI is InChI=1S/C18H27N3S2/c1-14(9-17-5-8-22-12-17)19-10-16-3-6-21(7-4-16)11-18-13-23-15(2)20-18/h5,8,12-14,16,19H,3-4,6-7,9-11H2,1-2H3/t14-/m0/s1. The smallest absolute Gasteiger partial charge is 0.0897 e. The second-order valence-electron chi connectivity index (χ2n) is 6.72. The molecule has 1 saturated heterocycles. The Hall–Kier alpha value is -0.750. The Morgan fingerprint density at radius 3 is 2.83 bits per heavy atom. The lowest BCUT2D eigenvalue weighted by molar-refractivity contribution is 0.172. The van der Waals surface area contributed by atoms with E-state index in [0.29, 0.717) is 6.04 Å².